The molecule has 0 aliphatic rings. The topological polar surface area (TPSA) is 42.0 Å². The molecule has 0 unspecified atom stereocenters. The summed E-state index contributed by atoms with van der Waals surface area (Å²) < 4.78 is 13.8. The van der Waals surface area contributed by atoms with Crippen molar-refractivity contribution in [2.45, 2.75) is 11.3 Å². The summed E-state index contributed by atoms with van der Waals surface area (Å²) in [4.78, 5) is 17.1. The van der Waals surface area contributed by atoms with Gasteiger partial charge in [-0.2, -0.15) is 0 Å². The first-order valence-electron chi connectivity index (χ1n) is 6.72. The number of thiazole rings is 1. The zero-order chi connectivity index (χ0) is 15.4. The van der Waals surface area contributed by atoms with Crippen molar-refractivity contribution in [1.82, 2.24) is 4.98 Å². The van der Waals surface area contributed by atoms with Gasteiger partial charge in [0.15, 0.2) is 0 Å². The first-order valence-corrected chi connectivity index (χ1v) is 8.59. The summed E-state index contributed by atoms with van der Waals surface area (Å²) in [6.07, 6.45) is 0.406. The van der Waals surface area contributed by atoms with Crippen LogP contribution >= 0.6 is 23.1 Å². The quantitative estimate of drug-likeness (QED) is 0.697. The van der Waals surface area contributed by atoms with Crippen LogP contribution in [-0.2, 0) is 4.79 Å². The molecule has 0 atom stereocenters. The van der Waals surface area contributed by atoms with Crippen molar-refractivity contribution in [2.75, 3.05) is 11.1 Å². The van der Waals surface area contributed by atoms with Crippen LogP contribution in [-0.4, -0.2) is 16.6 Å². The Morgan fingerprint density at radius 3 is 2.86 bits per heavy atom. The van der Waals surface area contributed by atoms with E-state index in [1.165, 1.54) is 23.9 Å². The van der Waals surface area contributed by atoms with Gasteiger partial charge in [0.25, 0.3) is 0 Å². The Morgan fingerprint density at radius 2 is 2.05 bits per heavy atom. The molecule has 0 radical (unpaired) electrons. The number of hydrogen-bond donors (Lipinski definition) is 1. The number of fused-ring (bicyclic) bond motifs is 1. The van der Waals surface area contributed by atoms with Crippen LogP contribution in [0.5, 0.6) is 0 Å². The molecule has 3 aromatic rings. The zero-order valence-electron chi connectivity index (χ0n) is 11.6. The summed E-state index contributed by atoms with van der Waals surface area (Å²) in [6, 6.07) is 12.0. The lowest BCUT2D eigenvalue weighted by molar-refractivity contribution is -0.115. The van der Waals surface area contributed by atoms with Crippen LogP contribution in [0, 0.1) is 5.82 Å². The average Bonchev–Trinajstić information content (AvgIpc) is 2.97. The third-order valence-electron chi connectivity index (χ3n) is 3.03. The number of benzene rings is 2. The van der Waals surface area contributed by atoms with E-state index in [0.717, 1.165) is 20.8 Å². The average molecular weight is 332 g/mol. The summed E-state index contributed by atoms with van der Waals surface area (Å²) >= 11 is 3.08. The number of anilines is 1. The fraction of sp³-hybridized carbons (Fsp3) is 0.125. The van der Waals surface area contributed by atoms with Crippen molar-refractivity contribution in [2.24, 2.45) is 0 Å². The van der Waals surface area contributed by atoms with Crippen LogP contribution < -0.4 is 5.32 Å². The maximum Gasteiger partial charge on any atom is 0.225 e. The van der Waals surface area contributed by atoms with Gasteiger partial charge in [0.2, 0.25) is 5.91 Å². The molecule has 1 heterocycles. The Kier molecular flexibility index (Phi) is 4.70. The van der Waals surface area contributed by atoms with Gasteiger partial charge in [-0.3, -0.25) is 4.79 Å². The van der Waals surface area contributed by atoms with Gasteiger partial charge in [0.05, 0.1) is 15.7 Å². The molecular formula is C16H13FN2OS2. The third-order valence-corrected chi connectivity index (χ3v) is 4.83. The fourth-order valence-electron chi connectivity index (χ4n) is 1.95. The minimum Gasteiger partial charge on any atom is -0.326 e. The first-order chi connectivity index (χ1) is 10.7. The number of carbonyl (C=O) groups is 1. The number of nitrogens with zero attached hydrogens (tertiary/aromatic N) is 1. The molecule has 0 aliphatic heterocycles. The van der Waals surface area contributed by atoms with Crippen molar-refractivity contribution in [3.8, 4) is 0 Å². The molecule has 0 aliphatic carbocycles. The normalized spacial score (nSPS) is 10.8. The van der Waals surface area contributed by atoms with Gasteiger partial charge in [-0.15, -0.1) is 23.1 Å². The van der Waals surface area contributed by atoms with E-state index in [2.05, 4.69) is 10.3 Å². The summed E-state index contributed by atoms with van der Waals surface area (Å²) in [5, 5.41) is 2.89. The second-order valence-corrected chi connectivity index (χ2v) is 6.69. The molecule has 1 amide bonds. The maximum atomic E-state index is 12.8. The van der Waals surface area contributed by atoms with E-state index in [1.807, 2.05) is 18.2 Å². The van der Waals surface area contributed by atoms with Crippen molar-refractivity contribution in [3.63, 3.8) is 0 Å². The number of amides is 1. The highest BCUT2D eigenvalue weighted by Crippen LogP contribution is 2.22. The van der Waals surface area contributed by atoms with Crippen LogP contribution in [0.25, 0.3) is 10.2 Å². The Morgan fingerprint density at radius 1 is 1.23 bits per heavy atom. The summed E-state index contributed by atoms with van der Waals surface area (Å²) in [5.74, 6) is 0.374. The van der Waals surface area contributed by atoms with Crippen LogP contribution in [0.2, 0.25) is 0 Å². The van der Waals surface area contributed by atoms with E-state index >= 15 is 0 Å². The molecule has 0 saturated heterocycles. The number of thioether (sulfide) groups is 1. The number of carbonyl (C=O) groups excluding carboxylic acids is 1. The third kappa shape index (κ3) is 3.84. The highest BCUT2D eigenvalue weighted by molar-refractivity contribution is 7.99. The molecule has 0 bridgehead atoms. The van der Waals surface area contributed by atoms with Crippen molar-refractivity contribution < 1.29 is 9.18 Å². The minimum absolute atomic E-state index is 0.0292. The Balaban J connectivity index is 1.50. The van der Waals surface area contributed by atoms with E-state index < -0.39 is 0 Å². The van der Waals surface area contributed by atoms with Gasteiger partial charge < -0.3 is 5.32 Å². The van der Waals surface area contributed by atoms with Crippen molar-refractivity contribution in [1.29, 1.82) is 0 Å². The highest BCUT2D eigenvalue weighted by Gasteiger charge is 2.05. The number of rotatable bonds is 5. The second-order valence-electron chi connectivity index (χ2n) is 4.64. The van der Waals surface area contributed by atoms with Crippen LogP contribution in [0.3, 0.4) is 0 Å². The number of halogens is 1. The van der Waals surface area contributed by atoms with Crippen molar-refractivity contribution >= 4 is 44.9 Å². The molecule has 1 N–H and O–H groups in total. The van der Waals surface area contributed by atoms with Gasteiger partial charge in [-0.1, -0.05) is 0 Å². The van der Waals surface area contributed by atoms with Gasteiger partial charge in [0.1, 0.15) is 5.82 Å². The molecular weight excluding hydrogens is 319 g/mol. The Hall–Kier alpha value is -1.92. The summed E-state index contributed by atoms with van der Waals surface area (Å²) in [7, 11) is 0. The van der Waals surface area contributed by atoms with Gasteiger partial charge >= 0.3 is 0 Å². The lowest BCUT2D eigenvalue weighted by Gasteiger charge is -2.05. The molecule has 22 heavy (non-hydrogen) atoms. The smallest absolute Gasteiger partial charge is 0.225 e. The van der Waals surface area contributed by atoms with Gasteiger partial charge in [-0.05, 0) is 42.5 Å². The first kappa shape index (κ1) is 15.0. The highest BCUT2D eigenvalue weighted by atomic mass is 32.2. The largest absolute Gasteiger partial charge is 0.326 e. The SMILES string of the molecule is O=C(CCSc1ccc(F)cc1)Nc1ccc2ncsc2c1. The molecule has 6 heteroatoms. The molecule has 1 aromatic heterocycles. The fourth-order valence-corrected chi connectivity index (χ4v) is 3.52. The van der Waals surface area contributed by atoms with Gasteiger partial charge in [0, 0.05) is 22.8 Å². The van der Waals surface area contributed by atoms with Gasteiger partial charge in [-0.25, -0.2) is 9.37 Å². The predicted molar refractivity (Wildman–Crippen MR) is 90.0 cm³/mol. The molecule has 3 nitrogen and oxygen atoms in total. The predicted octanol–water partition coefficient (Wildman–Crippen LogP) is 4.56. The molecule has 0 fully saturated rings. The standard InChI is InChI=1S/C16H13FN2OS2/c17-11-1-4-13(5-2-11)21-8-7-16(20)19-12-3-6-14-15(9-12)22-10-18-14/h1-6,9-10H,7-8H2,(H,19,20). The minimum atomic E-state index is -0.249. The van der Waals surface area contributed by atoms with E-state index in [9.17, 15) is 9.18 Å². The lowest BCUT2D eigenvalue weighted by Crippen LogP contribution is -2.11. The maximum absolute atomic E-state index is 12.8. The Labute approximate surface area is 135 Å². The van der Waals surface area contributed by atoms with Crippen LogP contribution in [0.4, 0.5) is 10.1 Å². The molecule has 2 aromatic carbocycles. The van der Waals surface area contributed by atoms with E-state index in [-0.39, 0.29) is 11.7 Å². The number of hydrogen-bond acceptors (Lipinski definition) is 4. The van der Waals surface area contributed by atoms with E-state index in [0.29, 0.717) is 12.2 Å². The summed E-state index contributed by atoms with van der Waals surface area (Å²) in [6.45, 7) is 0. The monoisotopic (exact) mass is 332 g/mol. The molecule has 3 rings (SSSR count). The number of aromatic nitrogens is 1. The van der Waals surface area contributed by atoms with Crippen molar-refractivity contribution in [3.05, 3.63) is 53.8 Å². The Bertz CT molecular complexity index is 786. The van der Waals surface area contributed by atoms with E-state index in [4.69, 9.17) is 0 Å². The van der Waals surface area contributed by atoms with E-state index in [1.54, 1.807) is 29.0 Å². The molecule has 0 spiro atoms. The number of nitrogens with one attached hydrogen (secondary N) is 1. The second kappa shape index (κ2) is 6.89. The zero-order valence-corrected chi connectivity index (χ0v) is 13.2. The molecule has 112 valence electrons. The summed E-state index contributed by atoms with van der Waals surface area (Å²) in [5.41, 5.74) is 3.51. The lowest BCUT2D eigenvalue weighted by atomic mass is 10.3. The van der Waals surface area contributed by atoms with Crippen LogP contribution in [0.15, 0.2) is 52.9 Å². The van der Waals surface area contributed by atoms with Crippen LogP contribution in [0.1, 0.15) is 6.42 Å². The molecule has 0 saturated carbocycles.